The Balaban J connectivity index is 1.50. The van der Waals surface area contributed by atoms with Gasteiger partial charge in [-0.2, -0.15) is 8.78 Å². The fourth-order valence-corrected chi connectivity index (χ4v) is 5.23. The molecule has 220 valence electrons. The number of alkyl halides is 4. The molecule has 0 radical (unpaired) electrons. The Morgan fingerprint density at radius 2 is 1.41 bits per heavy atom. The van der Waals surface area contributed by atoms with Crippen LogP contribution in [0.4, 0.5) is 35.1 Å². The van der Waals surface area contributed by atoms with Crippen molar-refractivity contribution in [3.63, 3.8) is 0 Å². The lowest BCUT2D eigenvalue weighted by molar-refractivity contribution is -0.189. The van der Waals surface area contributed by atoms with E-state index in [1.807, 2.05) is 12.1 Å². The zero-order valence-corrected chi connectivity index (χ0v) is 22.1. The molecule has 0 aromatic heterocycles. The normalized spacial score (nSPS) is 17.8. The summed E-state index contributed by atoms with van der Waals surface area (Å²) in [6.07, 6.45) is -0.274. The second-order valence-corrected chi connectivity index (χ2v) is 10.1. The van der Waals surface area contributed by atoms with E-state index in [-0.39, 0.29) is 23.8 Å². The number of ether oxygens (including phenoxy) is 2. The summed E-state index contributed by atoms with van der Waals surface area (Å²) in [5.41, 5.74) is -0.194. The van der Waals surface area contributed by atoms with Gasteiger partial charge in [0.1, 0.15) is 22.9 Å². The van der Waals surface area contributed by atoms with Crippen LogP contribution >= 0.6 is 0 Å². The smallest absolute Gasteiger partial charge is 0.432 e. The van der Waals surface area contributed by atoms with Crippen LogP contribution in [0, 0.1) is 29.2 Å². The summed E-state index contributed by atoms with van der Waals surface area (Å²) in [6.45, 7) is 2.18. The third-order valence-electron chi connectivity index (χ3n) is 7.22. The molecule has 1 aliphatic rings. The Bertz CT molecular complexity index is 1320. The van der Waals surface area contributed by atoms with E-state index < -0.39 is 52.9 Å². The molecule has 0 amide bonds. The first-order valence-electron chi connectivity index (χ1n) is 13.3. The van der Waals surface area contributed by atoms with Crippen molar-refractivity contribution in [3.05, 3.63) is 95.3 Å². The van der Waals surface area contributed by atoms with Crippen LogP contribution in [0.3, 0.4) is 0 Å². The maximum atomic E-state index is 14.9. The molecule has 0 atom stereocenters. The zero-order chi connectivity index (χ0) is 29.7. The minimum Gasteiger partial charge on any atom is -0.459 e. The van der Waals surface area contributed by atoms with Crippen LogP contribution in [0.1, 0.15) is 62.5 Å². The van der Waals surface area contributed by atoms with Gasteiger partial charge in [-0.1, -0.05) is 44.0 Å². The number of hydrogen-bond donors (Lipinski definition) is 0. The van der Waals surface area contributed by atoms with Gasteiger partial charge in [-0.3, -0.25) is 0 Å². The predicted molar refractivity (Wildman–Crippen MR) is 138 cm³/mol. The van der Waals surface area contributed by atoms with Crippen molar-refractivity contribution in [2.75, 3.05) is 0 Å². The standard InChI is InChI=1S/C31H28F8O2/c1-2-3-18-4-6-19(7-5-18)20-8-10-21(11-9-20)22-14-24(32)29(25(33)15-22)31(38,39)41-23-16-26(34)30(27(35)17-23)40-13-12-28(36)37/h8-19,28H,2-7H2,1H3. The van der Waals surface area contributed by atoms with Gasteiger partial charge >= 0.3 is 6.11 Å². The summed E-state index contributed by atoms with van der Waals surface area (Å²) in [4.78, 5) is 0. The maximum Gasteiger partial charge on any atom is 0.432 e. The highest BCUT2D eigenvalue weighted by molar-refractivity contribution is 5.64. The molecule has 3 aromatic carbocycles. The molecule has 4 rings (SSSR count). The Labute approximate surface area is 232 Å². The van der Waals surface area contributed by atoms with E-state index in [9.17, 15) is 35.1 Å². The van der Waals surface area contributed by atoms with Crippen LogP contribution in [0.25, 0.3) is 11.1 Å². The summed E-state index contributed by atoms with van der Waals surface area (Å²) < 4.78 is 121. The predicted octanol–water partition coefficient (Wildman–Crippen LogP) is 10.3. The van der Waals surface area contributed by atoms with Crippen molar-refractivity contribution in [2.24, 2.45) is 5.92 Å². The molecule has 0 heterocycles. The molecule has 0 unspecified atom stereocenters. The number of benzene rings is 3. The average Bonchev–Trinajstić information content (AvgIpc) is 2.90. The van der Waals surface area contributed by atoms with Gasteiger partial charge in [0.05, 0.1) is 6.26 Å². The summed E-state index contributed by atoms with van der Waals surface area (Å²) in [6, 6.07) is 9.11. The van der Waals surface area contributed by atoms with E-state index in [0.717, 1.165) is 49.3 Å². The molecular weight excluding hydrogens is 556 g/mol. The third-order valence-corrected chi connectivity index (χ3v) is 7.22. The van der Waals surface area contributed by atoms with Gasteiger partial charge in [0.25, 0.3) is 6.43 Å². The molecule has 0 bridgehead atoms. The van der Waals surface area contributed by atoms with Crippen LogP contribution < -0.4 is 9.47 Å². The van der Waals surface area contributed by atoms with Crippen molar-refractivity contribution in [2.45, 2.75) is 63.9 Å². The fraction of sp³-hybridized carbons (Fsp3) is 0.355. The highest BCUT2D eigenvalue weighted by Gasteiger charge is 2.41. The fourth-order valence-electron chi connectivity index (χ4n) is 5.23. The van der Waals surface area contributed by atoms with E-state index in [1.165, 1.54) is 12.8 Å². The van der Waals surface area contributed by atoms with Crippen molar-refractivity contribution in [1.82, 2.24) is 0 Å². The van der Waals surface area contributed by atoms with E-state index in [1.54, 1.807) is 12.1 Å². The monoisotopic (exact) mass is 584 g/mol. The van der Waals surface area contributed by atoms with Crippen LogP contribution in [0.5, 0.6) is 11.5 Å². The molecule has 2 nitrogen and oxygen atoms in total. The average molecular weight is 585 g/mol. The third kappa shape index (κ3) is 7.40. The zero-order valence-electron chi connectivity index (χ0n) is 22.1. The van der Waals surface area contributed by atoms with Gasteiger partial charge in [-0.15, -0.1) is 0 Å². The molecule has 10 heteroatoms. The van der Waals surface area contributed by atoms with E-state index in [0.29, 0.717) is 17.7 Å². The minimum atomic E-state index is -4.66. The van der Waals surface area contributed by atoms with E-state index >= 15 is 0 Å². The van der Waals surface area contributed by atoms with Crippen LogP contribution in [-0.4, -0.2) is 6.43 Å². The van der Waals surface area contributed by atoms with Gasteiger partial charge in [0.2, 0.25) is 0 Å². The van der Waals surface area contributed by atoms with Gasteiger partial charge < -0.3 is 9.47 Å². The second-order valence-electron chi connectivity index (χ2n) is 10.1. The highest BCUT2D eigenvalue weighted by Crippen LogP contribution is 2.40. The van der Waals surface area contributed by atoms with Crippen LogP contribution in [0.15, 0.2) is 60.9 Å². The summed E-state index contributed by atoms with van der Waals surface area (Å²) in [7, 11) is 0. The van der Waals surface area contributed by atoms with Gasteiger partial charge in [-0.05, 0) is 66.3 Å². The molecule has 0 spiro atoms. The molecule has 0 saturated heterocycles. The highest BCUT2D eigenvalue weighted by atomic mass is 19.3. The SMILES string of the molecule is CCCC1CCC(c2ccc(-c3cc(F)c(C(F)(F)Oc4cc(F)c(OC=CC(F)F)c(F)c4)c(F)c3)cc2)CC1. The Morgan fingerprint density at radius 3 is 1.95 bits per heavy atom. The van der Waals surface area contributed by atoms with Crippen LogP contribution in [-0.2, 0) is 6.11 Å². The molecule has 1 fully saturated rings. The Hall–Kier alpha value is -3.56. The van der Waals surface area contributed by atoms with Gasteiger partial charge in [0, 0.05) is 18.2 Å². The van der Waals surface area contributed by atoms with Gasteiger partial charge in [0.15, 0.2) is 17.4 Å². The second kappa shape index (κ2) is 13.0. The number of hydrogen-bond acceptors (Lipinski definition) is 2. The molecule has 3 aromatic rings. The Kier molecular flexibility index (Phi) is 9.60. The summed E-state index contributed by atoms with van der Waals surface area (Å²) in [5, 5.41) is 0. The van der Waals surface area contributed by atoms with Crippen LogP contribution in [0.2, 0.25) is 0 Å². The van der Waals surface area contributed by atoms with Crippen molar-refractivity contribution >= 4 is 0 Å². The van der Waals surface area contributed by atoms with E-state index in [2.05, 4.69) is 16.4 Å². The quantitative estimate of drug-likeness (QED) is 0.174. The van der Waals surface area contributed by atoms with Crippen molar-refractivity contribution < 1.29 is 44.6 Å². The summed E-state index contributed by atoms with van der Waals surface area (Å²) >= 11 is 0. The summed E-state index contributed by atoms with van der Waals surface area (Å²) in [5.74, 6) is -7.51. The lowest BCUT2D eigenvalue weighted by Crippen LogP contribution is -2.25. The first-order valence-corrected chi connectivity index (χ1v) is 13.3. The molecule has 41 heavy (non-hydrogen) atoms. The largest absolute Gasteiger partial charge is 0.459 e. The lowest BCUT2D eigenvalue weighted by Gasteiger charge is -2.28. The van der Waals surface area contributed by atoms with E-state index in [4.69, 9.17) is 0 Å². The maximum absolute atomic E-state index is 14.9. The molecule has 0 N–H and O–H groups in total. The lowest BCUT2D eigenvalue weighted by atomic mass is 9.77. The topological polar surface area (TPSA) is 18.5 Å². The molecule has 1 saturated carbocycles. The first-order chi connectivity index (χ1) is 19.5. The van der Waals surface area contributed by atoms with Gasteiger partial charge in [-0.25, -0.2) is 26.3 Å². The number of allylic oxidation sites excluding steroid dienone is 1. The van der Waals surface area contributed by atoms with Crippen molar-refractivity contribution in [1.29, 1.82) is 0 Å². The molecular formula is C31H28F8O2. The minimum absolute atomic E-state index is 0.0215. The number of rotatable bonds is 10. The first kappa shape index (κ1) is 30.4. The number of halogens is 8. The van der Waals surface area contributed by atoms with Crippen molar-refractivity contribution in [3.8, 4) is 22.6 Å². The molecule has 0 aliphatic heterocycles. The Morgan fingerprint density at radius 1 is 0.829 bits per heavy atom. The molecule has 1 aliphatic carbocycles.